The van der Waals surface area contributed by atoms with Crippen molar-refractivity contribution in [3.8, 4) is 5.75 Å². The van der Waals surface area contributed by atoms with Gasteiger partial charge in [-0.25, -0.2) is 4.79 Å². The molecule has 0 aliphatic carbocycles. The molecule has 0 bridgehead atoms. The van der Waals surface area contributed by atoms with Gasteiger partial charge in [-0.3, -0.25) is 0 Å². The number of benzene rings is 1. The number of carboxylic acids is 1. The maximum absolute atomic E-state index is 11.2. The highest BCUT2D eigenvalue weighted by Gasteiger charge is 2.18. The maximum Gasteiger partial charge on any atom is 0.336 e. The molecule has 0 heterocycles. The minimum atomic E-state index is -0.945. The Morgan fingerprint density at radius 3 is 2.50 bits per heavy atom. The van der Waals surface area contributed by atoms with Crippen LogP contribution in [0.5, 0.6) is 5.75 Å². The molecule has 1 aromatic carbocycles. The van der Waals surface area contributed by atoms with Gasteiger partial charge in [-0.15, -0.1) is 0 Å². The molecule has 18 heavy (non-hydrogen) atoms. The van der Waals surface area contributed by atoms with Gasteiger partial charge in [0, 0.05) is 5.56 Å². The van der Waals surface area contributed by atoms with Crippen molar-refractivity contribution in [1.82, 2.24) is 0 Å². The summed E-state index contributed by atoms with van der Waals surface area (Å²) in [5.41, 5.74) is 0.506. The van der Waals surface area contributed by atoms with E-state index in [2.05, 4.69) is 0 Å². The summed E-state index contributed by atoms with van der Waals surface area (Å²) in [6.45, 7) is 7.60. The molecule has 0 spiro atoms. The van der Waals surface area contributed by atoms with Crippen molar-refractivity contribution in [2.24, 2.45) is 0 Å². The standard InChI is InChI=1S/C14H20O4/c1-5-7-10-11(13(15)16)8-6-9-12(10)17-18-14(2,3)4/h6,8-9H,5,7H2,1-4H3,(H,15,16). The Hall–Kier alpha value is -1.55. The molecule has 0 aliphatic heterocycles. The van der Waals surface area contributed by atoms with Crippen LogP contribution >= 0.6 is 0 Å². The van der Waals surface area contributed by atoms with E-state index in [-0.39, 0.29) is 5.56 Å². The zero-order chi connectivity index (χ0) is 13.8. The monoisotopic (exact) mass is 252 g/mol. The molecule has 0 unspecified atom stereocenters. The molecule has 0 amide bonds. The molecule has 0 fully saturated rings. The third-order valence-corrected chi connectivity index (χ3v) is 2.24. The highest BCUT2D eigenvalue weighted by atomic mass is 17.2. The van der Waals surface area contributed by atoms with Crippen LogP contribution in [0.2, 0.25) is 0 Å². The van der Waals surface area contributed by atoms with Crippen molar-refractivity contribution in [2.45, 2.75) is 46.1 Å². The highest BCUT2D eigenvalue weighted by molar-refractivity contribution is 5.90. The van der Waals surface area contributed by atoms with Crippen LogP contribution < -0.4 is 4.89 Å². The molecule has 100 valence electrons. The van der Waals surface area contributed by atoms with Crippen LogP contribution in [0.25, 0.3) is 0 Å². The first kappa shape index (κ1) is 14.5. The van der Waals surface area contributed by atoms with Crippen molar-refractivity contribution in [1.29, 1.82) is 0 Å². The number of aromatic carboxylic acids is 1. The van der Waals surface area contributed by atoms with Crippen LogP contribution in [0.3, 0.4) is 0 Å². The Morgan fingerprint density at radius 2 is 2.00 bits per heavy atom. The van der Waals surface area contributed by atoms with Crippen molar-refractivity contribution in [3.05, 3.63) is 29.3 Å². The SMILES string of the molecule is CCCc1c(OOC(C)(C)C)cccc1C(=O)O. The number of hydrogen-bond donors (Lipinski definition) is 1. The van der Waals surface area contributed by atoms with Crippen LogP contribution in [0.1, 0.15) is 50.0 Å². The van der Waals surface area contributed by atoms with Crippen molar-refractivity contribution in [2.75, 3.05) is 0 Å². The average molecular weight is 252 g/mol. The molecular formula is C14H20O4. The Bertz CT molecular complexity index is 418. The topological polar surface area (TPSA) is 55.8 Å². The van der Waals surface area contributed by atoms with E-state index in [1.807, 2.05) is 27.7 Å². The van der Waals surface area contributed by atoms with Gasteiger partial charge in [0.1, 0.15) is 5.60 Å². The number of hydrogen-bond acceptors (Lipinski definition) is 3. The molecule has 4 nitrogen and oxygen atoms in total. The molecule has 0 aromatic heterocycles. The second kappa shape index (κ2) is 5.87. The molecular weight excluding hydrogens is 232 g/mol. The minimum Gasteiger partial charge on any atom is -0.478 e. The van der Waals surface area contributed by atoms with Gasteiger partial charge in [-0.05, 0) is 39.3 Å². The smallest absolute Gasteiger partial charge is 0.336 e. The van der Waals surface area contributed by atoms with Crippen LogP contribution in [-0.4, -0.2) is 16.7 Å². The lowest BCUT2D eigenvalue weighted by Gasteiger charge is -2.19. The zero-order valence-electron chi connectivity index (χ0n) is 11.3. The molecule has 4 heteroatoms. The normalized spacial score (nSPS) is 11.3. The van der Waals surface area contributed by atoms with E-state index in [0.29, 0.717) is 17.7 Å². The summed E-state index contributed by atoms with van der Waals surface area (Å²) in [6, 6.07) is 4.96. The summed E-state index contributed by atoms with van der Waals surface area (Å²) in [5.74, 6) is -0.466. The fourth-order valence-electron chi connectivity index (χ4n) is 1.52. The van der Waals surface area contributed by atoms with E-state index in [1.165, 1.54) is 0 Å². The Kier molecular flexibility index (Phi) is 4.73. The Balaban J connectivity index is 3.02. The molecule has 0 radical (unpaired) electrons. The van der Waals surface area contributed by atoms with E-state index in [9.17, 15) is 4.79 Å². The fourth-order valence-corrected chi connectivity index (χ4v) is 1.52. The summed E-state index contributed by atoms with van der Waals surface area (Å²) in [6.07, 6.45) is 1.49. The summed E-state index contributed by atoms with van der Waals surface area (Å²) in [7, 11) is 0. The lowest BCUT2D eigenvalue weighted by atomic mass is 10.0. The summed E-state index contributed by atoms with van der Waals surface area (Å²) < 4.78 is 0. The molecule has 0 atom stereocenters. The number of rotatable bonds is 5. The first-order valence-electron chi connectivity index (χ1n) is 6.06. The summed E-state index contributed by atoms with van der Waals surface area (Å²) >= 11 is 0. The van der Waals surface area contributed by atoms with Gasteiger partial charge in [-0.1, -0.05) is 19.4 Å². The van der Waals surface area contributed by atoms with Gasteiger partial charge in [0.2, 0.25) is 0 Å². The van der Waals surface area contributed by atoms with Crippen LogP contribution in [0, 0.1) is 0 Å². The second-order valence-corrected chi connectivity index (χ2v) is 5.12. The van der Waals surface area contributed by atoms with Gasteiger partial charge < -0.3 is 9.99 Å². The minimum absolute atomic E-state index is 0.270. The lowest BCUT2D eigenvalue weighted by Crippen LogP contribution is -2.22. The first-order chi connectivity index (χ1) is 8.35. The van der Waals surface area contributed by atoms with Crippen molar-refractivity contribution < 1.29 is 19.7 Å². The van der Waals surface area contributed by atoms with Crippen molar-refractivity contribution >= 4 is 5.97 Å². The number of carbonyl (C=O) groups is 1. The van der Waals surface area contributed by atoms with E-state index in [1.54, 1.807) is 18.2 Å². The van der Waals surface area contributed by atoms with Gasteiger partial charge in [-0.2, -0.15) is 4.89 Å². The summed E-state index contributed by atoms with van der Waals surface area (Å²) in [4.78, 5) is 21.7. The van der Waals surface area contributed by atoms with E-state index in [0.717, 1.165) is 6.42 Å². The van der Waals surface area contributed by atoms with Gasteiger partial charge in [0.05, 0.1) is 5.56 Å². The van der Waals surface area contributed by atoms with E-state index < -0.39 is 11.6 Å². The Morgan fingerprint density at radius 1 is 1.33 bits per heavy atom. The second-order valence-electron chi connectivity index (χ2n) is 5.12. The predicted molar refractivity (Wildman–Crippen MR) is 68.9 cm³/mol. The lowest BCUT2D eigenvalue weighted by molar-refractivity contribution is -0.275. The van der Waals surface area contributed by atoms with E-state index in [4.69, 9.17) is 14.9 Å². The van der Waals surface area contributed by atoms with Gasteiger partial charge in [0.25, 0.3) is 0 Å². The quantitative estimate of drug-likeness (QED) is 0.644. The molecule has 0 aliphatic rings. The maximum atomic E-state index is 11.2. The fraction of sp³-hybridized carbons (Fsp3) is 0.500. The van der Waals surface area contributed by atoms with Crippen LogP contribution in [0.4, 0.5) is 0 Å². The molecule has 0 saturated heterocycles. The van der Waals surface area contributed by atoms with Crippen LogP contribution in [-0.2, 0) is 11.3 Å². The summed E-state index contributed by atoms with van der Waals surface area (Å²) in [5, 5.41) is 9.15. The van der Waals surface area contributed by atoms with E-state index >= 15 is 0 Å². The number of carboxylic acid groups (broad SMARTS) is 1. The predicted octanol–water partition coefficient (Wildman–Crippen LogP) is 3.45. The van der Waals surface area contributed by atoms with Gasteiger partial charge >= 0.3 is 5.97 Å². The third-order valence-electron chi connectivity index (χ3n) is 2.24. The highest BCUT2D eigenvalue weighted by Crippen LogP contribution is 2.25. The molecule has 1 N–H and O–H groups in total. The van der Waals surface area contributed by atoms with Gasteiger partial charge in [0.15, 0.2) is 5.75 Å². The molecule has 1 aromatic rings. The zero-order valence-corrected chi connectivity index (χ0v) is 11.3. The van der Waals surface area contributed by atoms with Crippen molar-refractivity contribution in [3.63, 3.8) is 0 Å². The molecule has 0 saturated carbocycles. The molecule has 1 rings (SSSR count). The Labute approximate surface area is 107 Å². The van der Waals surface area contributed by atoms with Crippen LogP contribution in [0.15, 0.2) is 18.2 Å². The third kappa shape index (κ3) is 4.04. The first-order valence-corrected chi connectivity index (χ1v) is 6.06. The largest absolute Gasteiger partial charge is 0.478 e. The average Bonchev–Trinajstić information content (AvgIpc) is 2.26.